The number of benzene rings is 1. The minimum atomic E-state index is -0.373. The lowest BCUT2D eigenvalue weighted by atomic mass is 10.0. The van der Waals surface area contributed by atoms with Crippen LogP contribution < -0.4 is 9.47 Å². The molecule has 1 aromatic rings. The van der Waals surface area contributed by atoms with Crippen molar-refractivity contribution in [1.82, 2.24) is 0 Å². The number of carbonyl (C=O) groups excluding carboxylic acids is 1. The summed E-state index contributed by atoms with van der Waals surface area (Å²) in [6, 6.07) is 5.62. The molecule has 0 N–H and O–H groups in total. The van der Waals surface area contributed by atoms with Gasteiger partial charge in [-0.15, -0.1) is 0 Å². The van der Waals surface area contributed by atoms with Crippen LogP contribution in [-0.4, -0.2) is 19.7 Å². The molecule has 20 heavy (non-hydrogen) atoms. The van der Waals surface area contributed by atoms with E-state index in [1.165, 1.54) is 6.08 Å². The number of hydrogen-bond acceptors (Lipinski definition) is 4. The van der Waals surface area contributed by atoms with E-state index in [1.807, 2.05) is 18.2 Å². The van der Waals surface area contributed by atoms with Crippen LogP contribution in [0.1, 0.15) is 5.56 Å². The van der Waals surface area contributed by atoms with Gasteiger partial charge in [0.15, 0.2) is 11.5 Å². The van der Waals surface area contributed by atoms with E-state index in [0.717, 1.165) is 11.1 Å². The zero-order valence-electron chi connectivity index (χ0n) is 11.3. The van der Waals surface area contributed by atoms with E-state index in [1.54, 1.807) is 13.2 Å². The average molecular weight is 272 g/mol. The van der Waals surface area contributed by atoms with Crippen LogP contribution in [0.15, 0.2) is 54.8 Å². The van der Waals surface area contributed by atoms with E-state index < -0.39 is 0 Å². The number of hydrogen-bond donors (Lipinski definition) is 0. The summed E-state index contributed by atoms with van der Waals surface area (Å²) in [5, 5.41) is 0. The summed E-state index contributed by atoms with van der Waals surface area (Å²) in [6.45, 7) is 7.72. The van der Waals surface area contributed by atoms with Gasteiger partial charge < -0.3 is 14.2 Å². The quantitative estimate of drug-likeness (QED) is 0.590. The molecular formula is C16H16O4. The molecule has 0 aromatic heterocycles. The van der Waals surface area contributed by atoms with Gasteiger partial charge in [-0.25, -0.2) is 4.79 Å². The van der Waals surface area contributed by atoms with Gasteiger partial charge in [0.25, 0.3) is 0 Å². The van der Waals surface area contributed by atoms with E-state index in [-0.39, 0.29) is 5.97 Å². The molecule has 1 heterocycles. The Morgan fingerprint density at radius 2 is 2.15 bits per heavy atom. The maximum absolute atomic E-state index is 11.1. The topological polar surface area (TPSA) is 44.8 Å². The largest absolute Gasteiger partial charge is 0.493 e. The fourth-order valence-electron chi connectivity index (χ4n) is 1.90. The molecule has 0 amide bonds. The molecule has 0 saturated heterocycles. The van der Waals surface area contributed by atoms with Crippen LogP contribution in [-0.2, 0) is 16.0 Å². The second-order valence-electron chi connectivity index (χ2n) is 4.28. The highest BCUT2D eigenvalue weighted by Gasteiger charge is 2.18. The Labute approximate surface area is 118 Å². The van der Waals surface area contributed by atoms with Gasteiger partial charge >= 0.3 is 5.97 Å². The van der Waals surface area contributed by atoms with Crippen LogP contribution in [0.25, 0.3) is 0 Å². The van der Waals surface area contributed by atoms with E-state index in [2.05, 4.69) is 13.2 Å². The van der Waals surface area contributed by atoms with E-state index in [4.69, 9.17) is 14.2 Å². The zero-order chi connectivity index (χ0) is 14.5. The summed E-state index contributed by atoms with van der Waals surface area (Å²) < 4.78 is 15.7. The predicted octanol–water partition coefficient (Wildman–Crippen LogP) is 2.80. The second-order valence-corrected chi connectivity index (χ2v) is 4.28. The molecule has 0 radical (unpaired) electrons. The van der Waals surface area contributed by atoms with Gasteiger partial charge in [0.05, 0.1) is 7.11 Å². The molecule has 2 rings (SSSR count). The number of allylic oxidation sites excluding steroid dienone is 1. The molecule has 0 saturated carbocycles. The first-order valence-corrected chi connectivity index (χ1v) is 6.16. The van der Waals surface area contributed by atoms with E-state index in [9.17, 15) is 4.79 Å². The predicted molar refractivity (Wildman–Crippen MR) is 75.7 cm³/mol. The Balaban J connectivity index is 2.20. The number of cyclic esters (lactones) is 1. The Morgan fingerprint density at radius 1 is 1.35 bits per heavy atom. The molecular weight excluding hydrogens is 256 g/mol. The van der Waals surface area contributed by atoms with Crippen molar-refractivity contribution in [2.24, 2.45) is 0 Å². The summed E-state index contributed by atoms with van der Waals surface area (Å²) in [5.41, 5.74) is 1.75. The molecule has 0 fully saturated rings. The van der Waals surface area contributed by atoms with Crippen LogP contribution in [0.4, 0.5) is 0 Å². The zero-order valence-corrected chi connectivity index (χ0v) is 11.3. The maximum atomic E-state index is 11.1. The van der Waals surface area contributed by atoms with Crippen LogP contribution in [0.2, 0.25) is 0 Å². The number of carbonyl (C=O) groups is 1. The summed E-state index contributed by atoms with van der Waals surface area (Å²) in [7, 11) is 1.59. The first kappa shape index (κ1) is 13.9. The van der Waals surface area contributed by atoms with E-state index >= 15 is 0 Å². The number of methoxy groups -OCH3 is 1. The minimum absolute atomic E-state index is 0.373. The van der Waals surface area contributed by atoms with Crippen molar-refractivity contribution >= 4 is 5.97 Å². The third-order valence-corrected chi connectivity index (χ3v) is 2.85. The van der Waals surface area contributed by atoms with Gasteiger partial charge in [0.1, 0.15) is 12.4 Å². The van der Waals surface area contributed by atoms with Crippen molar-refractivity contribution in [2.75, 3.05) is 13.7 Å². The highest BCUT2D eigenvalue weighted by atomic mass is 16.5. The normalized spacial score (nSPS) is 13.8. The summed E-state index contributed by atoms with van der Waals surface area (Å²) in [4.78, 5) is 11.1. The molecule has 104 valence electrons. The molecule has 1 aromatic carbocycles. The average Bonchev–Trinajstić information content (AvgIpc) is 2.75. The number of esters is 1. The highest BCUT2D eigenvalue weighted by molar-refractivity contribution is 5.88. The van der Waals surface area contributed by atoms with Gasteiger partial charge in [0, 0.05) is 18.1 Å². The minimum Gasteiger partial charge on any atom is -0.493 e. The van der Waals surface area contributed by atoms with Gasteiger partial charge in [-0.3, -0.25) is 0 Å². The molecule has 0 unspecified atom stereocenters. The summed E-state index contributed by atoms with van der Waals surface area (Å²) >= 11 is 0. The maximum Gasteiger partial charge on any atom is 0.336 e. The fourth-order valence-corrected chi connectivity index (χ4v) is 1.90. The van der Waals surface area contributed by atoms with Crippen molar-refractivity contribution in [3.63, 3.8) is 0 Å². The van der Waals surface area contributed by atoms with Crippen molar-refractivity contribution in [1.29, 1.82) is 0 Å². The van der Waals surface area contributed by atoms with Gasteiger partial charge in [-0.1, -0.05) is 25.3 Å². The van der Waals surface area contributed by atoms with Crippen LogP contribution in [0.3, 0.4) is 0 Å². The third-order valence-electron chi connectivity index (χ3n) is 2.85. The lowest BCUT2D eigenvalue weighted by Crippen LogP contribution is -1.98. The van der Waals surface area contributed by atoms with Crippen molar-refractivity contribution in [3.8, 4) is 11.5 Å². The molecule has 0 atom stereocenters. The third kappa shape index (κ3) is 3.09. The molecule has 4 heteroatoms. The molecule has 0 aliphatic carbocycles. The molecule has 1 aliphatic rings. The fraction of sp³-hybridized carbons (Fsp3) is 0.188. The summed E-state index contributed by atoms with van der Waals surface area (Å²) in [5.74, 6) is 1.32. The Bertz CT molecular complexity index is 584. The molecule has 0 bridgehead atoms. The first-order valence-electron chi connectivity index (χ1n) is 6.16. The van der Waals surface area contributed by atoms with Gasteiger partial charge in [0.2, 0.25) is 0 Å². The Morgan fingerprint density at radius 3 is 2.75 bits per heavy atom. The smallest absolute Gasteiger partial charge is 0.336 e. The monoisotopic (exact) mass is 272 g/mol. The first-order chi connectivity index (χ1) is 9.63. The molecule has 1 aliphatic heterocycles. The van der Waals surface area contributed by atoms with Crippen molar-refractivity contribution in [3.05, 3.63) is 60.4 Å². The highest BCUT2D eigenvalue weighted by Crippen LogP contribution is 2.30. The van der Waals surface area contributed by atoms with Gasteiger partial charge in [-0.2, -0.15) is 0 Å². The Hall–Kier alpha value is -2.49. The van der Waals surface area contributed by atoms with Crippen molar-refractivity contribution < 1.29 is 19.0 Å². The molecule has 4 nitrogen and oxygen atoms in total. The van der Waals surface area contributed by atoms with Crippen LogP contribution in [0.5, 0.6) is 11.5 Å². The SMILES string of the molecule is C=CCOc1cc(CC2=CC(=O)OC2=C)ccc1OC. The summed E-state index contributed by atoms with van der Waals surface area (Å²) in [6.07, 6.45) is 3.68. The lowest BCUT2D eigenvalue weighted by Gasteiger charge is -2.11. The second kappa shape index (κ2) is 6.10. The van der Waals surface area contributed by atoms with Crippen LogP contribution >= 0.6 is 0 Å². The lowest BCUT2D eigenvalue weighted by molar-refractivity contribution is -0.132. The number of rotatable bonds is 6. The van der Waals surface area contributed by atoms with Crippen molar-refractivity contribution in [2.45, 2.75) is 6.42 Å². The van der Waals surface area contributed by atoms with E-state index in [0.29, 0.717) is 30.3 Å². The molecule has 0 spiro atoms. The van der Waals surface area contributed by atoms with Crippen LogP contribution in [0, 0.1) is 0 Å². The standard InChI is InChI=1S/C16H16O4/c1-4-7-19-15-9-12(5-6-14(15)18-3)8-13-10-16(17)20-11(13)2/h4-6,9-10H,1-2,7-8H2,3H3. The number of ether oxygens (including phenoxy) is 3. The van der Waals surface area contributed by atoms with Gasteiger partial charge in [-0.05, 0) is 17.7 Å². The Kier molecular flexibility index (Phi) is 4.25.